The molecule has 0 spiro atoms. The van der Waals surface area contributed by atoms with Crippen molar-refractivity contribution in [2.24, 2.45) is 5.92 Å². The normalized spacial score (nSPS) is 14.2. The zero-order valence-corrected chi connectivity index (χ0v) is 14.3. The zero-order valence-electron chi connectivity index (χ0n) is 14.3. The molecule has 26 heavy (non-hydrogen) atoms. The topological polar surface area (TPSA) is 59.4 Å². The Kier molecular flexibility index (Phi) is 5.49. The van der Waals surface area contributed by atoms with Crippen LogP contribution >= 0.6 is 0 Å². The van der Waals surface area contributed by atoms with Crippen LogP contribution in [0.2, 0.25) is 0 Å². The van der Waals surface area contributed by atoms with E-state index in [4.69, 9.17) is 9.84 Å². The predicted molar refractivity (Wildman–Crippen MR) is 93.3 cm³/mol. The molecule has 0 saturated heterocycles. The number of carboxylic acid groups (broad SMARTS) is 1. The number of aromatic nitrogens is 1. The van der Waals surface area contributed by atoms with Crippen LogP contribution in [0.1, 0.15) is 37.7 Å². The minimum atomic E-state index is -3.05. The second-order valence-corrected chi connectivity index (χ2v) is 6.64. The van der Waals surface area contributed by atoms with Gasteiger partial charge < -0.3 is 9.84 Å². The monoisotopic (exact) mass is 361 g/mol. The summed E-state index contributed by atoms with van der Waals surface area (Å²) in [4.78, 5) is 14.7. The highest BCUT2D eigenvalue weighted by atomic mass is 19.3. The highest BCUT2D eigenvalue weighted by molar-refractivity contribution is 5.68. The van der Waals surface area contributed by atoms with Gasteiger partial charge in [-0.2, -0.15) is 0 Å². The summed E-state index contributed by atoms with van der Waals surface area (Å²) in [5, 5.41) is 8.59. The van der Waals surface area contributed by atoms with Crippen molar-refractivity contribution in [3.63, 3.8) is 0 Å². The number of nitrogens with zero attached hydrogens (tertiary/aromatic N) is 1. The molecule has 1 N–H and O–H groups in total. The lowest BCUT2D eigenvalue weighted by Gasteiger charge is -2.17. The quantitative estimate of drug-likeness (QED) is 0.691. The van der Waals surface area contributed by atoms with E-state index in [-0.39, 0.29) is 18.4 Å². The van der Waals surface area contributed by atoms with Gasteiger partial charge in [-0.25, -0.2) is 13.8 Å². The molecule has 3 rings (SSSR count). The summed E-state index contributed by atoms with van der Waals surface area (Å²) in [7, 11) is 0. The van der Waals surface area contributed by atoms with Crippen molar-refractivity contribution in [2.75, 3.05) is 6.61 Å². The minimum absolute atomic E-state index is 0.0636. The third-order valence-electron chi connectivity index (χ3n) is 4.42. The van der Waals surface area contributed by atoms with Gasteiger partial charge in [0.1, 0.15) is 0 Å². The molecule has 4 nitrogen and oxygen atoms in total. The maximum atomic E-state index is 14.2. The van der Waals surface area contributed by atoms with Gasteiger partial charge in [-0.3, -0.25) is 4.79 Å². The van der Waals surface area contributed by atoms with E-state index in [1.54, 1.807) is 24.4 Å². The molecule has 1 aromatic heterocycles. The van der Waals surface area contributed by atoms with E-state index >= 15 is 0 Å². The van der Waals surface area contributed by atoms with Gasteiger partial charge in [-0.1, -0.05) is 24.3 Å². The summed E-state index contributed by atoms with van der Waals surface area (Å²) in [5.74, 6) is -3.00. The molecule has 138 valence electrons. The van der Waals surface area contributed by atoms with Gasteiger partial charge in [0.2, 0.25) is 5.88 Å². The largest absolute Gasteiger partial charge is 0.481 e. The number of aliphatic carboxylic acids is 1. The summed E-state index contributed by atoms with van der Waals surface area (Å²) in [6.45, 7) is 0.629. The molecule has 2 aromatic rings. The van der Waals surface area contributed by atoms with E-state index in [0.717, 1.165) is 11.1 Å². The smallest absolute Gasteiger partial charge is 0.303 e. The van der Waals surface area contributed by atoms with Gasteiger partial charge in [0.05, 0.1) is 6.61 Å². The second kappa shape index (κ2) is 7.81. The van der Waals surface area contributed by atoms with Gasteiger partial charge >= 0.3 is 5.97 Å². The van der Waals surface area contributed by atoms with E-state index in [9.17, 15) is 13.6 Å². The number of benzene rings is 1. The first kappa shape index (κ1) is 18.3. The Bertz CT molecular complexity index is 758. The fourth-order valence-corrected chi connectivity index (χ4v) is 2.71. The number of carbonyl (C=O) groups is 1. The van der Waals surface area contributed by atoms with E-state index in [2.05, 4.69) is 4.98 Å². The molecule has 1 fully saturated rings. The van der Waals surface area contributed by atoms with Crippen LogP contribution in [0.25, 0.3) is 11.1 Å². The fourth-order valence-electron chi connectivity index (χ4n) is 2.71. The SMILES string of the molecule is O=C(O)CCCC(F)(F)c1ccc(-c2cccnc2OCC2CC2)cc1. The van der Waals surface area contributed by atoms with Crippen LogP contribution in [0.15, 0.2) is 42.6 Å². The molecular weight excluding hydrogens is 340 g/mol. The Morgan fingerprint density at radius 2 is 1.96 bits per heavy atom. The zero-order chi connectivity index (χ0) is 18.6. The number of hydrogen-bond donors (Lipinski definition) is 1. The summed E-state index contributed by atoms with van der Waals surface area (Å²) in [6.07, 6.45) is 3.19. The third kappa shape index (κ3) is 4.77. The molecule has 0 aliphatic heterocycles. The van der Waals surface area contributed by atoms with Gasteiger partial charge in [0, 0.05) is 30.2 Å². The first-order valence-electron chi connectivity index (χ1n) is 8.74. The summed E-state index contributed by atoms with van der Waals surface area (Å²) in [5.41, 5.74) is 1.42. The van der Waals surface area contributed by atoms with Crippen molar-refractivity contribution < 1.29 is 23.4 Å². The third-order valence-corrected chi connectivity index (χ3v) is 4.42. The van der Waals surface area contributed by atoms with E-state index < -0.39 is 18.3 Å². The number of halogens is 2. The maximum absolute atomic E-state index is 14.2. The number of alkyl halides is 2. The van der Waals surface area contributed by atoms with Crippen molar-refractivity contribution in [1.29, 1.82) is 0 Å². The Morgan fingerprint density at radius 3 is 2.62 bits per heavy atom. The predicted octanol–water partition coefficient (Wildman–Crippen LogP) is 4.88. The second-order valence-electron chi connectivity index (χ2n) is 6.64. The molecule has 1 saturated carbocycles. The Morgan fingerprint density at radius 1 is 1.23 bits per heavy atom. The van der Waals surface area contributed by atoms with Crippen molar-refractivity contribution >= 4 is 5.97 Å². The lowest BCUT2D eigenvalue weighted by molar-refractivity contribution is -0.137. The molecule has 1 heterocycles. The van der Waals surface area contributed by atoms with Gasteiger partial charge in [0.25, 0.3) is 5.92 Å². The van der Waals surface area contributed by atoms with Crippen LogP contribution in [0, 0.1) is 5.92 Å². The molecular formula is C20H21F2NO3. The molecule has 0 unspecified atom stereocenters. The average Bonchev–Trinajstić information content (AvgIpc) is 3.44. The summed E-state index contributed by atoms with van der Waals surface area (Å²) < 4.78 is 34.2. The standard InChI is InChI=1S/C20H21F2NO3/c21-20(22,11-1-4-18(24)25)16-9-7-15(8-10-16)17-3-2-12-23-19(17)26-13-14-5-6-14/h2-3,7-10,12,14H,1,4-6,11,13H2,(H,24,25). The van der Waals surface area contributed by atoms with Crippen LogP contribution in [0.4, 0.5) is 8.78 Å². The molecule has 6 heteroatoms. The fraction of sp³-hybridized carbons (Fsp3) is 0.400. The number of carboxylic acids is 1. The molecule has 0 atom stereocenters. The van der Waals surface area contributed by atoms with Crippen LogP contribution in [-0.4, -0.2) is 22.7 Å². The number of pyridine rings is 1. The molecule has 0 bridgehead atoms. The van der Waals surface area contributed by atoms with Crippen molar-refractivity contribution in [3.8, 4) is 17.0 Å². The lowest BCUT2D eigenvalue weighted by atomic mass is 9.99. The number of rotatable bonds is 9. The summed E-state index contributed by atoms with van der Waals surface area (Å²) >= 11 is 0. The minimum Gasteiger partial charge on any atom is -0.481 e. The van der Waals surface area contributed by atoms with Crippen LogP contribution in [0.3, 0.4) is 0 Å². The highest BCUT2D eigenvalue weighted by Gasteiger charge is 2.31. The Balaban J connectivity index is 1.71. The Labute approximate surface area is 150 Å². The van der Waals surface area contributed by atoms with Crippen molar-refractivity contribution in [1.82, 2.24) is 4.98 Å². The van der Waals surface area contributed by atoms with Crippen LogP contribution in [-0.2, 0) is 10.7 Å². The van der Waals surface area contributed by atoms with E-state index in [1.165, 1.54) is 25.0 Å². The van der Waals surface area contributed by atoms with Gasteiger partial charge in [-0.15, -0.1) is 0 Å². The molecule has 1 aliphatic rings. The molecule has 1 aromatic carbocycles. The molecule has 0 radical (unpaired) electrons. The van der Waals surface area contributed by atoms with Crippen molar-refractivity contribution in [2.45, 2.75) is 38.0 Å². The van der Waals surface area contributed by atoms with Gasteiger partial charge in [0.15, 0.2) is 0 Å². The summed E-state index contributed by atoms with van der Waals surface area (Å²) in [6, 6.07) is 9.66. The van der Waals surface area contributed by atoms with Crippen molar-refractivity contribution in [3.05, 3.63) is 48.2 Å². The maximum Gasteiger partial charge on any atom is 0.303 e. The first-order valence-corrected chi connectivity index (χ1v) is 8.74. The molecule has 1 aliphatic carbocycles. The van der Waals surface area contributed by atoms with Crippen LogP contribution < -0.4 is 4.74 Å². The van der Waals surface area contributed by atoms with E-state index in [0.29, 0.717) is 18.4 Å². The van der Waals surface area contributed by atoms with Crippen LogP contribution in [0.5, 0.6) is 5.88 Å². The lowest BCUT2D eigenvalue weighted by Crippen LogP contribution is -2.14. The highest BCUT2D eigenvalue weighted by Crippen LogP contribution is 2.36. The number of ether oxygens (including phenoxy) is 1. The first-order chi connectivity index (χ1) is 12.5. The molecule has 0 amide bonds. The average molecular weight is 361 g/mol. The Hall–Kier alpha value is -2.50. The van der Waals surface area contributed by atoms with E-state index in [1.807, 2.05) is 6.07 Å². The van der Waals surface area contributed by atoms with Gasteiger partial charge in [-0.05, 0) is 42.9 Å². The number of hydrogen-bond acceptors (Lipinski definition) is 3.